The molecule has 216 valence electrons. The lowest BCUT2D eigenvalue weighted by Gasteiger charge is -2.47. The number of amides is 2. The second-order valence-electron chi connectivity index (χ2n) is 11.4. The van der Waals surface area contributed by atoms with E-state index < -0.39 is 11.3 Å². The van der Waals surface area contributed by atoms with Crippen LogP contribution < -0.4 is 0 Å². The maximum Gasteiger partial charge on any atom is 0.254 e. The zero-order valence-electron chi connectivity index (χ0n) is 22.5. The Balaban J connectivity index is 1.22. The van der Waals surface area contributed by atoms with Gasteiger partial charge in [0.25, 0.3) is 5.91 Å². The number of piperazine rings is 1. The largest absolute Gasteiger partial charge is 0.633 e. The van der Waals surface area contributed by atoms with Crippen LogP contribution in [0.1, 0.15) is 48.0 Å². The van der Waals surface area contributed by atoms with Crippen molar-refractivity contribution in [3.63, 3.8) is 0 Å². The van der Waals surface area contributed by atoms with Crippen LogP contribution in [0.5, 0.6) is 0 Å². The smallest absolute Gasteiger partial charge is 0.254 e. The zero-order valence-corrected chi connectivity index (χ0v) is 24.0. The van der Waals surface area contributed by atoms with Crippen molar-refractivity contribution in [3.05, 3.63) is 62.8 Å². The number of nitrogens with zero attached hydrogens (tertiary/aromatic N) is 3. The van der Waals surface area contributed by atoms with Gasteiger partial charge in [-0.05, 0) is 79.5 Å². The van der Waals surface area contributed by atoms with Gasteiger partial charge in [-0.2, -0.15) is 0 Å². The van der Waals surface area contributed by atoms with E-state index in [0.29, 0.717) is 35.1 Å². The summed E-state index contributed by atoms with van der Waals surface area (Å²) in [7, 11) is 0. The zero-order chi connectivity index (χ0) is 28.4. The summed E-state index contributed by atoms with van der Waals surface area (Å²) in [5, 5.41) is 23.2. The van der Waals surface area contributed by atoms with Crippen molar-refractivity contribution in [1.82, 2.24) is 9.80 Å². The standard InChI is InChI=1S/C30H36Cl2FN3O4/c31-27-18-23(20-1-3-21(4-2-20)29(38)34-12-15-36(40,14-10-33)16-13-34)19-28(32)26(27)17-22-9-11-35(30(22)39)24-5-7-25(37)8-6-24/h1-4,18-19,22,24-25,37H,5-17H2/t22-,24-,25+/m0/s1. The molecule has 1 atom stereocenters. The first-order chi connectivity index (χ1) is 19.2. The van der Waals surface area contributed by atoms with E-state index in [4.69, 9.17) is 23.2 Å². The molecule has 1 N–H and O–H groups in total. The number of likely N-dealkylation sites (tertiary alicyclic amines) is 1. The van der Waals surface area contributed by atoms with E-state index >= 15 is 0 Å². The van der Waals surface area contributed by atoms with Gasteiger partial charge in [0.2, 0.25) is 5.91 Å². The van der Waals surface area contributed by atoms with Gasteiger partial charge in [0.05, 0.1) is 32.3 Å². The minimum Gasteiger partial charge on any atom is -0.633 e. The molecule has 0 bridgehead atoms. The number of hydroxylamine groups is 3. The number of halogens is 3. The number of hydrogen-bond donors (Lipinski definition) is 1. The summed E-state index contributed by atoms with van der Waals surface area (Å²) in [6, 6.07) is 11.1. The third-order valence-corrected chi connectivity index (χ3v) is 9.52. The molecule has 1 saturated carbocycles. The Morgan fingerprint density at radius 2 is 1.60 bits per heavy atom. The number of quaternary nitrogens is 1. The molecule has 2 aromatic carbocycles. The van der Waals surface area contributed by atoms with Crippen molar-refractivity contribution in [2.45, 2.75) is 50.7 Å². The van der Waals surface area contributed by atoms with Crippen LogP contribution >= 0.6 is 23.2 Å². The van der Waals surface area contributed by atoms with E-state index in [1.54, 1.807) is 17.0 Å². The molecule has 1 aliphatic carbocycles. The van der Waals surface area contributed by atoms with Crippen LogP contribution in [0.4, 0.5) is 4.39 Å². The van der Waals surface area contributed by atoms with Crippen molar-refractivity contribution in [2.75, 3.05) is 45.9 Å². The number of alkyl halides is 1. The number of aliphatic hydroxyl groups excluding tert-OH is 1. The Morgan fingerprint density at radius 1 is 0.975 bits per heavy atom. The lowest BCUT2D eigenvalue weighted by molar-refractivity contribution is -0.884. The first kappa shape index (κ1) is 29.3. The average Bonchev–Trinajstić information content (AvgIpc) is 3.31. The van der Waals surface area contributed by atoms with Crippen LogP contribution in [0.25, 0.3) is 11.1 Å². The van der Waals surface area contributed by atoms with Gasteiger partial charge in [-0.15, -0.1) is 0 Å². The summed E-state index contributed by atoms with van der Waals surface area (Å²) in [5.74, 6) is -0.159. The predicted molar refractivity (Wildman–Crippen MR) is 154 cm³/mol. The lowest BCUT2D eigenvalue weighted by atomic mass is 9.92. The number of rotatable bonds is 7. The van der Waals surface area contributed by atoms with Gasteiger partial charge in [0, 0.05) is 34.1 Å². The number of benzene rings is 2. The van der Waals surface area contributed by atoms with E-state index in [1.165, 1.54) is 0 Å². The molecule has 2 saturated heterocycles. The van der Waals surface area contributed by atoms with Crippen molar-refractivity contribution in [3.8, 4) is 11.1 Å². The first-order valence-corrected chi connectivity index (χ1v) is 14.9. The van der Waals surface area contributed by atoms with E-state index in [1.807, 2.05) is 29.2 Å². The summed E-state index contributed by atoms with van der Waals surface area (Å²) in [5.41, 5.74) is 2.96. The van der Waals surface area contributed by atoms with Crippen molar-refractivity contribution in [1.29, 1.82) is 0 Å². The molecule has 7 nitrogen and oxygen atoms in total. The van der Waals surface area contributed by atoms with Gasteiger partial charge in [-0.3, -0.25) is 9.59 Å². The monoisotopic (exact) mass is 591 g/mol. The molecule has 5 rings (SSSR count). The average molecular weight is 593 g/mol. The molecule has 2 aliphatic heterocycles. The number of carbonyl (C=O) groups excluding carboxylic acids is 2. The van der Waals surface area contributed by atoms with E-state index in [-0.39, 0.29) is 49.5 Å². The van der Waals surface area contributed by atoms with Gasteiger partial charge in [-0.1, -0.05) is 35.3 Å². The minimum absolute atomic E-state index is 0.0672. The van der Waals surface area contributed by atoms with Crippen LogP contribution in [-0.4, -0.2) is 89.5 Å². The Kier molecular flexibility index (Phi) is 9.02. The molecule has 2 amide bonds. The Hall–Kier alpha value is -2.23. The fourth-order valence-corrected chi connectivity index (χ4v) is 6.94. The summed E-state index contributed by atoms with van der Waals surface area (Å²) >= 11 is 13.4. The number of hydrogen-bond acceptors (Lipinski definition) is 4. The molecular formula is C30H36Cl2FN3O4. The van der Waals surface area contributed by atoms with Gasteiger partial charge in [-0.25, -0.2) is 4.39 Å². The van der Waals surface area contributed by atoms with E-state index in [2.05, 4.69) is 0 Å². The van der Waals surface area contributed by atoms with Crippen molar-refractivity contribution in [2.24, 2.45) is 5.92 Å². The quantitative estimate of drug-likeness (QED) is 0.359. The molecular weight excluding hydrogens is 556 g/mol. The Labute approximate surface area is 244 Å². The fourth-order valence-electron chi connectivity index (χ4n) is 6.29. The minimum atomic E-state index is -0.655. The molecule has 2 aromatic rings. The summed E-state index contributed by atoms with van der Waals surface area (Å²) < 4.78 is 12.1. The molecule has 2 heterocycles. The van der Waals surface area contributed by atoms with Crippen LogP contribution in [0.15, 0.2) is 36.4 Å². The predicted octanol–water partition coefficient (Wildman–Crippen LogP) is 5.09. The summed E-state index contributed by atoms with van der Waals surface area (Å²) in [4.78, 5) is 29.8. The van der Waals surface area contributed by atoms with Crippen molar-refractivity contribution >= 4 is 35.0 Å². The van der Waals surface area contributed by atoms with E-state index in [9.17, 15) is 24.3 Å². The highest BCUT2D eigenvalue weighted by molar-refractivity contribution is 6.36. The molecule has 0 radical (unpaired) electrons. The van der Waals surface area contributed by atoms with Crippen LogP contribution in [0, 0.1) is 11.1 Å². The fraction of sp³-hybridized carbons (Fsp3) is 0.533. The number of carbonyl (C=O) groups is 2. The highest BCUT2D eigenvalue weighted by Gasteiger charge is 2.37. The topological polar surface area (TPSA) is 83.9 Å². The Morgan fingerprint density at radius 3 is 2.20 bits per heavy atom. The molecule has 40 heavy (non-hydrogen) atoms. The van der Waals surface area contributed by atoms with Gasteiger partial charge in [0.15, 0.2) is 0 Å². The lowest BCUT2D eigenvalue weighted by Crippen LogP contribution is -2.58. The van der Waals surface area contributed by atoms with Gasteiger partial charge in [0.1, 0.15) is 13.2 Å². The second kappa shape index (κ2) is 12.3. The highest BCUT2D eigenvalue weighted by Crippen LogP contribution is 2.37. The SMILES string of the molecule is O=C(c1ccc(-c2cc(Cl)c(C[C@@H]3CCN([C@H]4CC[C@@H](O)CC4)C3=O)c(Cl)c2)cc1)N1CC[N+]([O-])(CCF)CC1. The Bertz CT molecular complexity index is 1200. The number of aliphatic hydroxyl groups is 1. The van der Waals surface area contributed by atoms with Crippen molar-refractivity contribution < 1.29 is 23.7 Å². The van der Waals surface area contributed by atoms with Crippen LogP contribution in [0.3, 0.4) is 0 Å². The maximum absolute atomic E-state index is 13.2. The molecule has 3 fully saturated rings. The molecule has 0 spiro atoms. The third-order valence-electron chi connectivity index (χ3n) is 8.85. The maximum atomic E-state index is 13.2. The molecule has 0 aromatic heterocycles. The molecule has 10 heteroatoms. The van der Waals surface area contributed by atoms with E-state index in [0.717, 1.165) is 55.3 Å². The highest BCUT2D eigenvalue weighted by atomic mass is 35.5. The summed E-state index contributed by atoms with van der Waals surface area (Å²) in [6.07, 6.45) is 4.19. The van der Waals surface area contributed by atoms with Crippen LogP contribution in [0.2, 0.25) is 10.0 Å². The third kappa shape index (κ3) is 6.31. The summed E-state index contributed by atoms with van der Waals surface area (Å²) in [6.45, 7) is 1.02. The van der Waals surface area contributed by atoms with Gasteiger partial charge >= 0.3 is 0 Å². The molecule has 0 unspecified atom stereocenters. The first-order valence-electron chi connectivity index (χ1n) is 14.2. The van der Waals surface area contributed by atoms with Crippen LogP contribution in [-0.2, 0) is 11.2 Å². The van der Waals surface area contributed by atoms with Gasteiger partial charge < -0.3 is 24.8 Å². The normalized spacial score (nSPS) is 24.9. The molecule has 3 aliphatic rings. The second-order valence-corrected chi connectivity index (χ2v) is 12.2.